The molecule has 92 valence electrons. The van der Waals surface area contributed by atoms with Crippen LogP contribution >= 0.6 is 0 Å². The molecular formula is C13H12N2O3. The number of carboxylic acid groups (broad SMARTS) is 1. The van der Waals surface area contributed by atoms with E-state index in [2.05, 4.69) is 4.98 Å². The fourth-order valence-electron chi connectivity index (χ4n) is 1.09. The molecule has 0 aliphatic rings. The van der Waals surface area contributed by atoms with Crippen LogP contribution in [0.1, 0.15) is 20.8 Å². The van der Waals surface area contributed by atoms with E-state index in [4.69, 9.17) is 10.8 Å². The van der Waals surface area contributed by atoms with Crippen LogP contribution in [0.15, 0.2) is 54.7 Å². The van der Waals surface area contributed by atoms with Crippen LogP contribution in [-0.4, -0.2) is 22.0 Å². The van der Waals surface area contributed by atoms with Gasteiger partial charge in [-0.25, -0.2) is 9.78 Å². The highest BCUT2D eigenvalue weighted by atomic mass is 16.4. The first kappa shape index (κ1) is 13.4. The molecule has 5 nitrogen and oxygen atoms in total. The number of carbonyl (C=O) groups is 2. The molecule has 0 aliphatic carbocycles. The molecule has 0 atom stereocenters. The number of nitrogens with zero attached hydrogens (tertiary/aromatic N) is 1. The van der Waals surface area contributed by atoms with E-state index in [1.807, 2.05) is 6.07 Å². The Morgan fingerprint density at radius 2 is 1.61 bits per heavy atom. The normalized spacial score (nSPS) is 8.89. The first-order valence-corrected chi connectivity index (χ1v) is 5.10. The van der Waals surface area contributed by atoms with Crippen LogP contribution in [0.5, 0.6) is 0 Å². The molecule has 1 aromatic carbocycles. The summed E-state index contributed by atoms with van der Waals surface area (Å²) in [6.07, 6.45) is 1.45. The van der Waals surface area contributed by atoms with E-state index < -0.39 is 5.97 Å². The molecule has 5 heteroatoms. The second-order valence-corrected chi connectivity index (χ2v) is 3.25. The fraction of sp³-hybridized carbons (Fsp3) is 0. The van der Waals surface area contributed by atoms with Crippen LogP contribution in [0.3, 0.4) is 0 Å². The van der Waals surface area contributed by atoms with Gasteiger partial charge in [-0.05, 0) is 24.3 Å². The van der Waals surface area contributed by atoms with Gasteiger partial charge in [-0.15, -0.1) is 0 Å². The number of hydrogen-bond acceptors (Lipinski definition) is 3. The van der Waals surface area contributed by atoms with Crippen LogP contribution in [-0.2, 0) is 0 Å². The zero-order chi connectivity index (χ0) is 13.4. The summed E-state index contributed by atoms with van der Waals surface area (Å²) in [5, 5.41) is 8.32. The van der Waals surface area contributed by atoms with E-state index in [9.17, 15) is 9.59 Å². The van der Waals surface area contributed by atoms with Crippen LogP contribution in [0, 0.1) is 0 Å². The van der Waals surface area contributed by atoms with E-state index in [1.54, 1.807) is 36.4 Å². The largest absolute Gasteiger partial charge is 0.477 e. The highest BCUT2D eigenvalue weighted by molar-refractivity contribution is 5.92. The van der Waals surface area contributed by atoms with Gasteiger partial charge in [0.2, 0.25) is 5.91 Å². The van der Waals surface area contributed by atoms with Gasteiger partial charge in [-0.1, -0.05) is 24.3 Å². The minimum Gasteiger partial charge on any atom is -0.477 e. The van der Waals surface area contributed by atoms with Crippen molar-refractivity contribution in [1.29, 1.82) is 0 Å². The van der Waals surface area contributed by atoms with E-state index in [0.717, 1.165) is 0 Å². The standard InChI is InChI=1S/C7H7NO.C6H5NO2/c8-7(9)6-4-2-1-3-5-6;8-6(9)5-3-1-2-4-7-5/h1-5H,(H2,8,9);1-4H,(H,8,9). The number of carboxylic acids is 1. The molecule has 2 rings (SSSR count). The third-order valence-corrected chi connectivity index (χ3v) is 1.94. The summed E-state index contributed by atoms with van der Waals surface area (Å²) < 4.78 is 0. The number of aromatic carboxylic acids is 1. The van der Waals surface area contributed by atoms with Crippen molar-refractivity contribution in [2.75, 3.05) is 0 Å². The monoisotopic (exact) mass is 244 g/mol. The molecule has 18 heavy (non-hydrogen) atoms. The van der Waals surface area contributed by atoms with Gasteiger partial charge < -0.3 is 10.8 Å². The number of aromatic nitrogens is 1. The minimum absolute atomic E-state index is 0.0810. The van der Waals surface area contributed by atoms with Gasteiger partial charge in [0.1, 0.15) is 5.69 Å². The molecule has 0 saturated heterocycles. The molecule has 0 unspecified atom stereocenters. The first-order chi connectivity index (χ1) is 8.61. The Balaban J connectivity index is 0.000000180. The Labute approximate surface area is 104 Å². The Morgan fingerprint density at radius 3 is 1.94 bits per heavy atom. The molecule has 0 saturated carbocycles. The number of rotatable bonds is 2. The topological polar surface area (TPSA) is 93.3 Å². The minimum atomic E-state index is -0.990. The molecule has 0 fully saturated rings. The van der Waals surface area contributed by atoms with Crippen molar-refractivity contribution < 1.29 is 14.7 Å². The average Bonchev–Trinajstić information content (AvgIpc) is 2.41. The number of nitrogens with two attached hydrogens (primary N) is 1. The smallest absolute Gasteiger partial charge is 0.354 e. The third kappa shape index (κ3) is 4.44. The fourth-order valence-corrected chi connectivity index (χ4v) is 1.09. The van der Waals surface area contributed by atoms with Gasteiger partial charge in [0, 0.05) is 11.8 Å². The summed E-state index contributed by atoms with van der Waals surface area (Å²) in [7, 11) is 0. The van der Waals surface area contributed by atoms with Gasteiger partial charge in [-0.3, -0.25) is 4.79 Å². The molecule has 0 bridgehead atoms. The molecule has 3 N–H and O–H groups in total. The molecule has 1 aromatic heterocycles. The number of carbonyl (C=O) groups excluding carboxylic acids is 1. The summed E-state index contributed by atoms with van der Waals surface area (Å²) >= 11 is 0. The number of hydrogen-bond donors (Lipinski definition) is 2. The highest BCUT2D eigenvalue weighted by Crippen LogP contribution is 1.94. The number of pyridine rings is 1. The maximum Gasteiger partial charge on any atom is 0.354 e. The lowest BCUT2D eigenvalue weighted by molar-refractivity contribution is 0.0690. The Hall–Kier alpha value is -2.69. The molecule has 0 spiro atoms. The Morgan fingerprint density at radius 1 is 1.00 bits per heavy atom. The van der Waals surface area contributed by atoms with Crippen LogP contribution < -0.4 is 5.73 Å². The molecular weight excluding hydrogens is 232 g/mol. The number of primary amides is 1. The third-order valence-electron chi connectivity index (χ3n) is 1.94. The van der Waals surface area contributed by atoms with Gasteiger partial charge in [-0.2, -0.15) is 0 Å². The maximum atomic E-state index is 10.4. The van der Waals surface area contributed by atoms with Crippen molar-refractivity contribution >= 4 is 11.9 Å². The zero-order valence-corrected chi connectivity index (χ0v) is 9.48. The summed E-state index contributed by atoms with van der Waals surface area (Å²) in [6, 6.07) is 13.5. The lowest BCUT2D eigenvalue weighted by Gasteiger charge is -1.89. The molecule has 2 aromatic rings. The maximum absolute atomic E-state index is 10.4. The molecule has 1 heterocycles. The SMILES string of the molecule is NC(=O)c1ccccc1.O=C(O)c1ccccn1. The lowest BCUT2D eigenvalue weighted by atomic mass is 10.2. The van der Waals surface area contributed by atoms with Crippen LogP contribution in [0.25, 0.3) is 0 Å². The van der Waals surface area contributed by atoms with Gasteiger partial charge >= 0.3 is 5.97 Å². The number of amides is 1. The van der Waals surface area contributed by atoms with E-state index in [-0.39, 0.29) is 11.6 Å². The highest BCUT2D eigenvalue weighted by Gasteiger charge is 1.98. The van der Waals surface area contributed by atoms with Crippen molar-refractivity contribution in [3.8, 4) is 0 Å². The van der Waals surface area contributed by atoms with Gasteiger partial charge in [0.15, 0.2) is 0 Å². The van der Waals surface area contributed by atoms with E-state index in [0.29, 0.717) is 5.56 Å². The van der Waals surface area contributed by atoms with E-state index in [1.165, 1.54) is 12.3 Å². The lowest BCUT2D eigenvalue weighted by Crippen LogP contribution is -2.09. The molecule has 0 aliphatic heterocycles. The molecule has 1 amide bonds. The van der Waals surface area contributed by atoms with Crippen molar-refractivity contribution in [2.24, 2.45) is 5.73 Å². The van der Waals surface area contributed by atoms with Crippen molar-refractivity contribution in [3.05, 3.63) is 66.0 Å². The van der Waals surface area contributed by atoms with Gasteiger partial charge in [0.05, 0.1) is 0 Å². The average molecular weight is 244 g/mol. The second kappa shape index (κ2) is 6.80. The van der Waals surface area contributed by atoms with Crippen molar-refractivity contribution in [3.63, 3.8) is 0 Å². The molecule has 0 radical (unpaired) electrons. The van der Waals surface area contributed by atoms with E-state index >= 15 is 0 Å². The van der Waals surface area contributed by atoms with Gasteiger partial charge in [0.25, 0.3) is 0 Å². The van der Waals surface area contributed by atoms with Crippen molar-refractivity contribution in [1.82, 2.24) is 4.98 Å². The second-order valence-electron chi connectivity index (χ2n) is 3.25. The summed E-state index contributed by atoms with van der Waals surface area (Å²) in [6.45, 7) is 0. The van der Waals surface area contributed by atoms with Crippen LogP contribution in [0.2, 0.25) is 0 Å². The summed E-state index contributed by atoms with van der Waals surface area (Å²) in [4.78, 5) is 24.1. The Kier molecular flexibility index (Phi) is 5.05. The first-order valence-electron chi connectivity index (χ1n) is 5.10. The summed E-state index contributed by atoms with van der Waals surface area (Å²) in [5.41, 5.74) is 5.61. The quantitative estimate of drug-likeness (QED) is 0.838. The Bertz CT molecular complexity index is 463. The van der Waals surface area contributed by atoms with Crippen LogP contribution in [0.4, 0.5) is 0 Å². The predicted molar refractivity (Wildman–Crippen MR) is 66.2 cm³/mol. The summed E-state index contributed by atoms with van der Waals surface area (Å²) in [5.74, 6) is -1.37. The van der Waals surface area contributed by atoms with Crippen molar-refractivity contribution in [2.45, 2.75) is 0 Å². The number of benzene rings is 1. The zero-order valence-electron chi connectivity index (χ0n) is 9.48. The predicted octanol–water partition coefficient (Wildman–Crippen LogP) is 1.57.